The number of likely N-dealkylation sites (tertiary alicyclic amines) is 1. The van der Waals surface area contributed by atoms with Gasteiger partial charge in [0.15, 0.2) is 0 Å². The minimum Gasteiger partial charge on any atom is -0.383 e. The summed E-state index contributed by atoms with van der Waals surface area (Å²) in [6.45, 7) is 4.94. The van der Waals surface area contributed by atoms with Crippen LogP contribution in [0.1, 0.15) is 37.1 Å². The Morgan fingerprint density at radius 3 is 3.00 bits per heavy atom. The molecule has 5 heteroatoms. The Morgan fingerprint density at radius 2 is 2.32 bits per heavy atom. The van der Waals surface area contributed by atoms with Crippen molar-refractivity contribution in [3.05, 3.63) is 17.5 Å². The molecule has 108 valence electrons. The van der Waals surface area contributed by atoms with E-state index in [1.807, 2.05) is 11.7 Å². The number of ether oxygens (including phenoxy) is 1. The summed E-state index contributed by atoms with van der Waals surface area (Å²) in [5.74, 6) is 0. The summed E-state index contributed by atoms with van der Waals surface area (Å²) >= 11 is 0. The molecule has 0 radical (unpaired) electrons. The number of hydrogen-bond acceptors (Lipinski definition) is 4. The third-order valence-corrected chi connectivity index (χ3v) is 3.96. The standard InChI is InChI=1S/C14H26N4O/c1-4-13-11(10-17(2)16-13)14-12(15)6-5-7-18(14)8-9-19-3/h10,12,14H,4-9,15H2,1-3H3. The van der Waals surface area contributed by atoms with Crippen LogP contribution in [-0.4, -0.2) is 47.5 Å². The molecule has 1 aromatic heterocycles. The first-order chi connectivity index (χ1) is 9.17. The van der Waals surface area contributed by atoms with Crippen LogP contribution in [-0.2, 0) is 18.2 Å². The van der Waals surface area contributed by atoms with Gasteiger partial charge in [0.25, 0.3) is 0 Å². The van der Waals surface area contributed by atoms with Gasteiger partial charge in [-0.2, -0.15) is 5.10 Å². The van der Waals surface area contributed by atoms with E-state index in [0.717, 1.165) is 32.5 Å². The molecule has 1 fully saturated rings. The summed E-state index contributed by atoms with van der Waals surface area (Å²) in [5.41, 5.74) is 8.86. The second-order valence-corrected chi connectivity index (χ2v) is 5.34. The Balaban J connectivity index is 2.24. The van der Waals surface area contributed by atoms with Gasteiger partial charge < -0.3 is 10.5 Å². The molecule has 5 nitrogen and oxygen atoms in total. The minimum absolute atomic E-state index is 0.195. The molecule has 19 heavy (non-hydrogen) atoms. The predicted molar refractivity (Wildman–Crippen MR) is 76.0 cm³/mol. The van der Waals surface area contributed by atoms with Gasteiger partial charge in [-0.25, -0.2) is 0 Å². The van der Waals surface area contributed by atoms with Crippen molar-refractivity contribution >= 4 is 0 Å². The molecule has 2 unspecified atom stereocenters. The van der Waals surface area contributed by atoms with E-state index in [1.165, 1.54) is 17.7 Å². The van der Waals surface area contributed by atoms with Gasteiger partial charge in [-0.3, -0.25) is 9.58 Å². The molecule has 1 aliphatic heterocycles. The normalized spacial score (nSPS) is 24.8. The van der Waals surface area contributed by atoms with Gasteiger partial charge in [-0.15, -0.1) is 0 Å². The Morgan fingerprint density at radius 1 is 1.53 bits per heavy atom. The van der Waals surface area contributed by atoms with Crippen LogP contribution in [0.4, 0.5) is 0 Å². The Kier molecular flexibility index (Phi) is 4.96. The molecule has 2 N–H and O–H groups in total. The molecule has 1 saturated heterocycles. The van der Waals surface area contributed by atoms with E-state index in [0.29, 0.717) is 0 Å². The van der Waals surface area contributed by atoms with Crippen LogP contribution in [0.2, 0.25) is 0 Å². The number of hydrogen-bond donors (Lipinski definition) is 1. The van der Waals surface area contributed by atoms with Crippen LogP contribution in [0.25, 0.3) is 0 Å². The third kappa shape index (κ3) is 3.16. The fourth-order valence-corrected chi connectivity index (χ4v) is 3.06. The maximum Gasteiger partial charge on any atom is 0.0670 e. The number of aromatic nitrogens is 2. The molecule has 0 aromatic carbocycles. The topological polar surface area (TPSA) is 56.3 Å². The first-order valence-electron chi connectivity index (χ1n) is 7.18. The molecule has 2 heterocycles. The van der Waals surface area contributed by atoms with Crippen LogP contribution >= 0.6 is 0 Å². The smallest absolute Gasteiger partial charge is 0.0670 e. The van der Waals surface area contributed by atoms with Crippen molar-refractivity contribution in [2.24, 2.45) is 12.8 Å². The van der Waals surface area contributed by atoms with Crippen molar-refractivity contribution in [2.45, 2.75) is 38.3 Å². The molecule has 0 bridgehead atoms. The van der Waals surface area contributed by atoms with Crippen molar-refractivity contribution in [3.8, 4) is 0 Å². The molecule has 1 aromatic rings. The van der Waals surface area contributed by atoms with E-state index in [2.05, 4.69) is 23.1 Å². The summed E-state index contributed by atoms with van der Waals surface area (Å²) in [7, 11) is 3.73. The molecular formula is C14H26N4O. The zero-order valence-corrected chi connectivity index (χ0v) is 12.3. The fraction of sp³-hybridized carbons (Fsp3) is 0.786. The quantitative estimate of drug-likeness (QED) is 0.867. The second kappa shape index (κ2) is 6.50. The lowest BCUT2D eigenvalue weighted by atomic mass is 9.90. The Hall–Kier alpha value is -0.910. The van der Waals surface area contributed by atoms with E-state index < -0.39 is 0 Å². The van der Waals surface area contributed by atoms with E-state index in [9.17, 15) is 0 Å². The lowest BCUT2D eigenvalue weighted by Gasteiger charge is -2.39. The van der Waals surface area contributed by atoms with Crippen LogP contribution in [0.5, 0.6) is 0 Å². The van der Waals surface area contributed by atoms with Gasteiger partial charge in [-0.1, -0.05) is 6.92 Å². The van der Waals surface area contributed by atoms with Crippen molar-refractivity contribution in [3.63, 3.8) is 0 Å². The van der Waals surface area contributed by atoms with E-state index >= 15 is 0 Å². The summed E-state index contributed by atoms with van der Waals surface area (Å²) in [6.07, 6.45) is 5.35. The van der Waals surface area contributed by atoms with E-state index in [4.69, 9.17) is 10.5 Å². The molecule has 0 amide bonds. The van der Waals surface area contributed by atoms with Gasteiger partial charge in [-0.05, 0) is 25.8 Å². The number of rotatable bonds is 5. The van der Waals surface area contributed by atoms with Gasteiger partial charge in [0, 0.05) is 38.5 Å². The van der Waals surface area contributed by atoms with Gasteiger partial charge in [0.2, 0.25) is 0 Å². The summed E-state index contributed by atoms with van der Waals surface area (Å²) in [4.78, 5) is 2.45. The van der Waals surface area contributed by atoms with Crippen LogP contribution in [0, 0.1) is 0 Å². The second-order valence-electron chi connectivity index (χ2n) is 5.34. The summed E-state index contributed by atoms with van der Waals surface area (Å²) in [5, 5.41) is 4.56. The van der Waals surface area contributed by atoms with Gasteiger partial charge >= 0.3 is 0 Å². The fourth-order valence-electron chi connectivity index (χ4n) is 3.06. The first kappa shape index (κ1) is 14.5. The van der Waals surface area contributed by atoms with Crippen LogP contribution in [0.15, 0.2) is 6.20 Å². The number of nitrogens with zero attached hydrogens (tertiary/aromatic N) is 3. The highest BCUT2D eigenvalue weighted by molar-refractivity contribution is 5.24. The number of piperidine rings is 1. The maximum atomic E-state index is 6.39. The largest absolute Gasteiger partial charge is 0.383 e. The molecule has 0 spiro atoms. The molecular weight excluding hydrogens is 240 g/mol. The maximum absolute atomic E-state index is 6.39. The van der Waals surface area contributed by atoms with Crippen LogP contribution < -0.4 is 5.73 Å². The number of methoxy groups -OCH3 is 1. The van der Waals surface area contributed by atoms with Gasteiger partial charge in [0.1, 0.15) is 0 Å². The van der Waals surface area contributed by atoms with Crippen molar-refractivity contribution in [2.75, 3.05) is 26.8 Å². The first-order valence-corrected chi connectivity index (χ1v) is 7.18. The zero-order chi connectivity index (χ0) is 13.8. The highest BCUT2D eigenvalue weighted by Gasteiger charge is 2.32. The average Bonchev–Trinajstić information content (AvgIpc) is 2.77. The average molecular weight is 266 g/mol. The molecule has 2 rings (SSSR count). The van der Waals surface area contributed by atoms with Crippen LogP contribution in [0.3, 0.4) is 0 Å². The lowest BCUT2D eigenvalue weighted by molar-refractivity contribution is 0.0844. The molecule has 0 saturated carbocycles. The van der Waals surface area contributed by atoms with Crippen molar-refractivity contribution < 1.29 is 4.74 Å². The summed E-state index contributed by atoms with van der Waals surface area (Å²) < 4.78 is 7.13. The Bertz CT molecular complexity index is 404. The summed E-state index contributed by atoms with van der Waals surface area (Å²) in [6, 6.07) is 0.479. The molecule has 2 atom stereocenters. The van der Waals surface area contributed by atoms with E-state index in [-0.39, 0.29) is 12.1 Å². The minimum atomic E-state index is 0.195. The molecule has 0 aliphatic carbocycles. The van der Waals surface area contributed by atoms with Crippen molar-refractivity contribution in [1.82, 2.24) is 14.7 Å². The number of aryl methyl sites for hydroxylation is 2. The third-order valence-electron chi connectivity index (χ3n) is 3.96. The Labute approximate surface area is 115 Å². The van der Waals surface area contributed by atoms with Gasteiger partial charge in [0.05, 0.1) is 18.3 Å². The van der Waals surface area contributed by atoms with E-state index in [1.54, 1.807) is 7.11 Å². The SMILES string of the molecule is CCc1nn(C)cc1C1C(N)CCCN1CCOC. The number of nitrogens with two attached hydrogens (primary N) is 1. The monoisotopic (exact) mass is 266 g/mol. The zero-order valence-electron chi connectivity index (χ0n) is 12.3. The highest BCUT2D eigenvalue weighted by Crippen LogP contribution is 2.31. The molecule has 1 aliphatic rings. The highest BCUT2D eigenvalue weighted by atomic mass is 16.5. The van der Waals surface area contributed by atoms with Crippen molar-refractivity contribution in [1.29, 1.82) is 0 Å². The lowest BCUT2D eigenvalue weighted by Crippen LogP contribution is -2.47. The predicted octanol–water partition coefficient (Wildman–Crippen LogP) is 1.09.